The van der Waals surface area contributed by atoms with Crippen molar-refractivity contribution < 1.29 is 19.7 Å². The second kappa shape index (κ2) is 9.08. The van der Waals surface area contributed by atoms with Gasteiger partial charge in [0.15, 0.2) is 0 Å². The molecule has 0 spiro atoms. The molecule has 4 atom stereocenters. The van der Waals surface area contributed by atoms with Crippen molar-refractivity contribution in [3.63, 3.8) is 0 Å². The molecule has 0 radical (unpaired) electrons. The third kappa shape index (κ3) is 4.66. The predicted octanol–water partition coefficient (Wildman–Crippen LogP) is 1.48. The fourth-order valence-corrected chi connectivity index (χ4v) is 3.19. The first-order valence-corrected chi connectivity index (χ1v) is 8.60. The SMILES string of the molecule is OC[C@@H]1N[C@H](CO)[C@H](OCc2ccccc2)[C@@H]1OCc1ccccc1. The molecular weight excluding hydrogens is 318 g/mol. The summed E-state index contributed by atoms with van der Waals surface area (Å²) in [5.74, 6) is 0. The Morgan fingerprint density at radius 2 is 1.08 bits per heavy atom. The van der Waals surface area contributed by atoms with Crippen LogP contribution in [0.25, 0.3) is 0 Å². The Morgan fingerprint density at radius 1 is 0.680 bits per heavy atom. The van der Waals surface area contributed by atoms with Crippen molar-refractivity contribution in [3.8, 4) is 0 Å². The molecule has 0 unspecified atom stereocenters. The highest BCUT2D eigenvalue weighted by molar-refractivity contribution is 5.15. The van der Waals surface area contributed by atoms with Crippen molar-refractivity contribution in [2.75, 3.05) is 13.2 Å². The van der Waals surface area contributed by atoms with Gasteiger partial charge in [0.2, 0.25) is 0 Å². The van der Waals surface area contributed by atoms with Gasteiger partial charge in [-0.15, -0.1) is 0 Å². The summed E-state index contributed by atoms with van der Waals surface area (Å²) in [6.45, 7) is 0.738. The molecule has 0 aromatic heterocycles. The fraction of sp³-hybridized carbons (Fsp3) is 0.400. The number of aliphatic hydroxyl groups is 2. The molecule has 1 heterocycles. The zero-order valence-electron chi connectivity index (χ0n) is 14.1. The molecule has 1 aliphatic heterocycles. The lowest BCUT2D eigenvalue weighted by Crippen LogP contribution is -2.39. The molecule has 0 amide bonds. The van der Waals surface area contributed by atoms with Crippen LogP contribution in [-0.4, -0.2) is 47.7 Å². The Kier molecular flexibility index (Phi) is 6.55. The van der Waals surface area contributed by atoms with E-state index >= 15 is 0 Å². The van der Waals surface area contributed by atoms with Crippen LogP contribution in [-0.2, 0) is 22.7 Å². The summed E-state index contributed by atoms with van der Waals surface area (Å²) in [7, 11) is 0. The highest BCUT2D eigenvalue weighted by Gasteiger charge is 2.44. The van der Waals surface area contributed by atoms with Crippen LogP contribution in [0, 0.1) is 0 Å². The molecule has 2 aromatic carbocycles. The molecule has 3 rings (SSSR count). The maximum Gasteiger partial charge on any atom is 0.103 e. The van der Waals surface area contributed by atoms with E-state index in [0.717, 1.165) is 11.1 Å². The number of aliphatic hydroxyl groups excluding tert-OH is 2. The van der Waals surface area contributed by atoms with E-state index in [4.69, 9.17) is 9.47 Å². The second-order valence-corrected chi connectivity index (χ2v) is 6.27. The number of benzene rings is 2. The molecule has 0 saturated carbocycles. The molecule has 1 saturated heterocycles. The molecule has 3 N–H and O–H groups in total. The average Bonchev–Trinajstić information content (AvgIpc) is 3.03. The van der Waals surface area contributed by atoms with E-state index in [-0.39, 0.29) is 37.5 Å². The first kappa shape index (κ1) is 18.0. The minimum absolute atomic E-state index is 0.0683. The smallest absolute Gasteiger partial charge is 0.103 e. The van der Waals surface area contributed by atoms with Gasteiger partial charge in [0.25, 0.3) is 0 Å². The Hall–Kier alpha value is -1.76. The standard InChI is InChI=1S/C20H25NO4/c22-11-17-19(24-13-15-7-3-1-4-8-15)20(18(12-23)21-17)25-14-16-9-5-2-6-10-16/h1-10,17-23H,11-14H2/t17-,18+,19+,20-. The maximum absolute atomic E-state index is 9.67. The summed E-state index contributed by atoms with van der Waals surface area (Å²) in [5.41, 5.74) is 2.13. The largest absolute Gasteiger partial charge is 0.395 e. The van der Waals surface area contributed by atoms with Crippen LogP contribution in [0.15, 0.2) is 60.7 Å². The number of hydrogen-bond donors (Lipinski definition) is 3. The molecule has 134 valence electrons. The molecule has 25 heavy (non-hydrogen) atoms. The van der Waals surface area contributed by atoms with Crippen molar-refractivity contribution >= 4 is 0 Å². The van der Waals surface area contributed by atoms with Crippen LogP contribution in [0.4, 0.5) is 0 Å². The first-order chi connectivity index (χ1) is 12.3. The topological polar surface area (TPSA) is 71.0 Å². The lowest BCUT2D eigenvalue weighted by Gasteiger charge is -2.25. The minimum atomic E-state index is -0.328. The molecule has 5 nitrogen and oxygen atoms in total. The highest BCUT2D eigenvalue weighted by atomic mass is 16.5. The van der Waals surface area contributed by atoms with Crippen molar-refractivity contribution in [1.82, 2.24) is 5.32 Å². The summed E-state index contributed by atoms with van der Waals surface area (Å²) >= 11 is 0. The quantitative estimate of drug-likeness (QED) is 0.677. The summed E-state index contributed by atoms with van der Waals surface area (Å²) in [6, 6.07) is 19.3. The summed E-state index contributed by atoms with van der Waals surface area (Å²) < 4.78 is 12.1. The first-order valence-electron chi connectivity index (χ1n) is 8.60. The number of ether oxygens (including phenoxy) is 2. The zero-order chi connectivity index (χ0) is 17.5. The van der Waals surface area contributed by atoms with Crippen LogP contribution in [0.5, 0.6) is 0 Å². The second-order valence-electron chi connectivity index (χ2n) is 6.27. The van der Waals surface area contributed by atoms with E-state index in [1.54, 1.807) is 0 Å². The molecule has 1 aliphatic rings. The molecule has 0 bridgehead atoms. The van der Waals surface area contributed by atoms with E-state index in [9.17, 15) is 10.2 Å². The molecule has 5 heteroatoms. The average molecular weight is 343 g/mol. The summed E-state index contributed by atoms with van der Waals surface area (Å²) in [5, 5.41) is 22.6. The normalized spacial score (nSPS) is 26.0. The van der Waals surface area contributed by atoms with Gasteiger partial charge in [-0.25, -0.2) is 0 Å². The van der Waals surface area contributed by atoms with Crippen LogP contribution < -0.4 is 5.32 Å². The molecule has 2 aromatic rings. The minimum Gasteiger partial charge on any atom is -0.395 e. The van der Waals surface area contributed by atoms with E-state index in [2.05, 4.69) is 5.32 Å². The number of rotatable bonds is 8. The van der Waals surface area contributed by atoms with Crippen molar-refractivity contribution in [2.45, 2.75) is 37.5 Å². The number of nitrogens with one attached hydrogen (secondary N) is 1. The zero-order valence-corrected chi connectivity index (χ0v) is 14.1. The lowest BCUT2D eigenvalue weighted by atomic mass is 10.1. The van der Waals surface area contributed by atoms with Gasteiger partial charge < -0.3 is 25.0 Å². The van der Waals surface area contributed by atoms with Crippen LogP contribution >= 0.6 is 0 Å². The van der Waals surface area contributed by atoms with Crippen LogP contribution in [0.2, 0.25) is 0 Å². The van der Waals surface area contributed by atoms with Crippen molar-refractivity contribution in [2.24, 2.45) is 0 Å². The van der Waals surface area contributed by atoms with E-state index in [1.165, 1.54) is 0 Å². The molecule has 1 fully saturated rings. The predicted molar refractivity (Wildman–Crippen MR) is 94.9 cm³/mol. The third-order valence-corrected chi connectivity index (χ3v) is 4.51. The van der Waals surface area contributed by atoms with Crippen molar-refractivity contribution in [3.05, 3.63) is 71.8 Å². The van der Waals surface area contributed by atoms with E-state index in [0.29, 0.717) is 13.2 Å². The highest BCUT2D eigenvalue weighted by Crippen LogP contribution is 2.23. The Bertz CT molecular complexity index is 567. The van der Waals surface area contributed by atoms with Gasteiger partial charge >= 0.3 is 0 Å². The monoisotopic (exact) mass is 343 g/mol. The number of hydrogen-bond acceptors (Lipinski definition) is 5. The van der Waals surface area contributed by atoms with Gasteiger partial charge in [-0.1, -0.05) is 60.7 Å². The molecule has 0 aliphatic carbocycles. The van der Waals surface area contributed by atoms with Gasteiger partial charge in [0, 0.05) is 0 Å². The van der Waals surface area contributed by atoms with Crippen molar-refractivity contribution in [1.29, 1.82) is 0 Å². The fourth-order valence-electron chi connectivity index (χ4n) is 3.19. The van der Waals surface area contributed by atoms with Crippen LogP contribution in [0.1, 0.15) is 11.1 Å². The lowest BCUT2D eigenvalue weighted by molar-refractivity contribution is -0.0856. The Balaban J connectivity index is 1.66. The van der Waals surface area contributed by atoms with Gasteiger partial charge in [0.1, 0.15) is 12.2 Å². The maximum atomic E-state index is 9.67. The van der Waals surface area contributed by atoms with Crippen LogP contribution in [0.3, 0.4) is 0 Å². The van der Waals surface area contributed by atoms with E-state index < -0.39 is 0 Å². The summed E-state index contributed by atoms with van der Waals surface area (Å²) in [4.78, 5) is 0. The Labute approximate surface area is 148 Å². The van der Waals surface area contributed by atoms with E-state index in [1.807, 2.05) is 60.7 Å². The Morgan fingerprint density at radius 3 is 1.44 bits per heavy atom. The molecular formula is C20H25NO4. The van der Waals surface area contributed by atoms with Gasteiger partial charge in [-0.3, -0.25) is 0 Å². The van der Waals surface area contributed by atoms with Gasteiger partial charge in [-0.05, 0) is 11.1 Å². The van der Waals surface area contributed by atoms with Gasteiger partial charge in [0.05, 0.1) is 38.5 Å². The third-order valence-electron chi connectivity index (χ3n) is 4.51. The van der Waals surface area contributed by atoms with Gasteiger partial charge in [-0.2, -0.15) is 0 Å². The summed E-state index contributed by atoms with van der Waals surface area (Å²) in [6.07, 6.45) is -0.655.